The van der Waals surface area contributed by atoms with Crippen molar-refractivity contribution in [3.8, 4) is 0 Å². The molecule has 2 aliphatic rings. The third-order valence-electron chi connectivity index (χ3n) is 3.76. The minimum absolute atomic E-state index is 0.183. The molecule has 2 atom stereocenters. The number of nitrogens with one attached hydrogen (secondary N) is 1. The van der Waals surface area contributed by atoms with Crippen LogP contribution in [0.2, 0.25) is 5.15 Å². The summed E-state index contributed by atoms with van der Waals surface area (Å²) in [5.41, 5.74) is 0. The van der Waals surface area contributed by atoms with E-state index in [1.807, 2.05) is 0 Å². The van der Waals surface area contributed by atoms with Crippen molar-refractivity contribution in [1.82, 2.24) is 15.3 Å². The van der Waals surface area contributed by atoms with Crippen LogP contribution in [0.3, 0.4) is 0 Å². The van der Waals surface area contributed by atoms with E-state index in [2.05, 4.69) is 20.2 Å². The monoisotopic (exact) mass is 266 g/mol. The van der Waals surface area contributed by atoms with Crippen molar-refractivity contribution < 1.29 is 4.79 Å². The van der Waals surface area contributed by atoms with Crippen LogP contribution in [0.4, 0.5) is 5.82 Å². The van der Waals surface area contributed by atoms with E-state index >= 15 is 0 Å². The molecule has 1 aromatic rings. The van der Waals surface area contributed by atoms with Gasteiger partial charge in [0.15, 0.2) is 11.0 Å². The predicted octanol–water partition coefficient (Wildman–Crippen LogP) is 1.23. The molecule has 18 heavy (non-hydrogen) atoms. The number of carbonyl (C=O) groups is 1. The molecule has 0 spiro atoms. The van der Waals surface area contributed by atoms with Crippen LogP contribution >= 0.6 is 11.6 Å². The van der Waals surface area contributed by atoms with E-state index in [0.717, 1.165) is 31.7 Å². The van der Waals surface area contributed by atoms with E-state index < -0.39 is 0 Å². The van der Waals surface area contributed by atoms with Gasteiger partial charge in [0.1, 0.15) is 0 Å². The summed E-state index contributed by atoms with van der Waals surface area (Å²) in [5.74, 6) is 1.44. The van der Waals surface area contributed by atoms with Gasteiger partial charge in [0, 0.05) is 37.9 Å². The average Bonchev–Trinajstić information content (AvgIpc) is 2.39. The summed E-state index contributed by atoms with van der Waals surface area (Å²) in [7, 11) is 0. The Morgan fingerprint density at radius 1 is 1.33 bits per heavy atom. The van der Waals surface area contributed by atoms with Crippen LogP contribution in [-0.2, 0) is 4.79 Å². The normalized spacial score (nSPS) is 27.6. The van der Waals surface area contributed by atoms with E-state index in [4.69, 9.17) is 11.6 Å². The van der Waals surface area contributed by atoms with Crippen molar-refractivity contribution in [3.63, 3.8) is 0 Å². The molecular formula is C12H15ClN4O. The van der Waals surface area contributed by atoms with Gasteiger partial charge in [0.05, 0.1) is 0 Å². The highest BCUT2D eigenvalue weighted by atomic mass is 35.5. The highest BCUT2D eigenvalue weighted by molar-refractivity contribution is 6.31. The molecule has 0 bridgehead atoms. The fourth-order valence-electron chi connectivity index (χ4n) is 2.83. The molecule has 2 fully saturated rings. The molecule has 0 aromatic carbocycles. The summed E-state index contributed by atoms with van der Waals surface area (Å²) in [4.78, 5) is 21.9. The number of hydrogen-bond donors (Lipinski definition) is 1. The van der Waals surface area contributed by atoms with Crippen molar-refractivity contribution in [2.75, 3.05) is 18.0 Å². The first kappa shape index (κ1) is 11.7. The van der Waals surface area contributed by atoms with E-state index in [1.165, 1.54) is 0 Å². The zero-order valence-electron chi connectivity index (χ0n) is 9.97. The third-order valence-corrected chi connectivity index (χ3v) is 4.02. The van der Waals surface area contributed by atoms with Crippen molar-refractivity contribution in [3.05, 3.63) is 17.5 Å². The van der Waals surface area contributed by atoms with Crippen molar-refractivity contribution in [2.24, 2.45) is 5.92 Å². The number of piperidine rings is 2. The van der Waals surface area contributed by atoms with Gasteiger partial charge < -0.3 is 10.2 Å². The van der Waals surface area contributed by atoms with Crippen LogP contribution in [-0.4, -0.2) is 35.0 Å². The number of rotatable bonds is 1. The Bertz CT molecular complexity index is 467. The molecule has 2 unspecified atom stereocenters. The van der Waals surface area contributed by atoms with Crippen molar-refractivity contribution in [2.45, 2.75) is 25.3 Å². The Morgan fingerprint density at radius 3 is 3.00 bits per heavy atom. The van der Waals surface area contributed by atoms with Gasteiger partial charge in [-0.3, -0.25) is 4.79 Å². The first-order chi connectivity index (χ1) is 8.74. The molecule has 0 saturated carbocycles. The fourth-order valence-corrected chi connectivity index (χ4v) is 3.05. The van der Waals surface area contributed by atoms with Crippen molar-refractivity contribution >= 4 is 23.3 Å². The second kappa shape index (κ2) is 4.72. The number of fused-ring (bicyclic) bond motifs is 1. The molecule has 1 aromatic heterocycles. The molecule has 2 saturated heterocycles. The van der Waals surface area contributed by atoms with Crippen LogP contribution in [0, 0.1) is 5.92 Å². The van der Waals surface area contributed by atoms with Gasteiger partial charge in [-0.2, -0.15) is 0 Å². The Balaban J connectivity index is 1.75. The number of halogens is 1. The summed E-state index contributed by atoms with van der Waals surface area (Å²) in [6.45, 7) is 1.75. The Morgan fingerprint density at radius 2 is 2.17 bits per heavy atom. The number of carbonyl (C=O) groups excluding carboxylic acids is 1. The Kier molecular flexibility index (Phi) is 3.07. The maximum atomic E-state index is 11.4. The number of aromatic nitrogens is 2. The quantitative estimate of drug-likeness (QED) is 0.831. The smallest absolute Gasteiger partial charge is 0.220 e. The van der Waals surface area contributed by atoms with Gasteiger partial charge in [-0.1, -0.05) is 11.6 Å². The van der Waals surface area contributed by atoms with Crippen LogP contribution in [0.1, 0.15) is 19.3 Å². The SMILES string of the molecule is O=C1CCC2CN(c3nccnc3Cl)CCC2N1. The number of amides is 1. The highest BCUT2D eigenvalue weighted by Gasteiger charge is 2.34. The Labute approximate surface area is 111 Å². The zero-order valence-corrected chi connectivity index (χ0v) is 10.7. The number of hydrogen-bond acceptors (Lipinski definition) is 4. The van der Waals surface area contributed by atoms with Gasteiger partial charge in [-0.05, 0) is 18.8 Å². The largest absolute Gasteiger partial charge is 0.354 e. The predicted molar refractivity (Wildman–Crippen MR) is 68.5 cm³/mol. The van der Waals surface area contributed by atoms with E-state index in [0.29, 0.717) is 23.5 Å². The van der Waals surface area contributed by atoms with Crippen LogP contribution in [0.5, 0.6) is 0 Å². The molecule has 1 N–H and O–H groups in total. The molecule has 1 amide bonds. The van der Waals surface area contributed by atoms with Gasteiger partial charge in [0.25, 0.3) is 0 Å². The molecule has 5 nitrogen and oxygen atoms in total. The van der Waals surface area contributed by atoms with Crippen LogP contribution in [0.15, 0.2) is 12.4 Å². The molecule has 96 valence electrons. The van der Waals surface area contributed by atoms with Gasteiger partial charge in [-0.25, -0.2) is 9.97 Å². The fraction of sp³-hybridized carbons (Fsp3) is 0.583. The van der Waals surface area contributed by atoms with Gasteiger partial charge in [0.2, 0.25) is 5.91 Å². The van der Waals surface area contributed by atoms with E-state index in [-0.39, 0.29) is 5.91 Å². The highest BCUT2D eigenvalue weighted by Crippen LogP contribution is 2.29. The summed E-state index contributed by atoms with van der Waals surface area (Å²) < 4.78 is 0. The number of anilines is 1. The second-order valence-electron chi connectivity index (χ2n) is 4.88. The molecular weight excluding hydrogens is 252 g/mol. The molecule has 0 radical (unpaired) electrons. The summed E-state index contributed by atoms with van der Waals surface area (Å²) in [6.07, 6.45) is 5.78. The topological polar surface area (TPSA) is 58.1 Å². The van der Waals surface area contributed by atoms with Gasteiger partial charge >= 0.3 is 0 Å². The van der Waals surface area contributed by atoms with E-state index in [9.17, 15) is 4.79 Å². The number of nitrogens with zero attached hydrogens (tertiary/aromatic N) is 3. The molecule has 3 rings (SSSR count). The lowest BCUT2D eigenvalue weighted by molar-refractivity contribution is -0.124. The summed E-state index contributed by atoms with van der Waals surface area (Å²) >= 11 is 6.07. The van der Waals surface area contributed by atoms with Crippen molar-refractivity contribution in [1.29, 1.82) is 0 Å². The average molecular weight is 267 g/mol. The van der Waals surface area contributed by atoms with Gasteiger partial charge in [-0.15, -0.1) is 0 Å². The maximum absolute atomic E-state index is 11.4. The lowest BCUT2D eigenvalue weighted by atomic mass is 9.85. The first-order valence-electron chi connectivity index (χ1n) is 6.25. The maximum Gasteiger partial charge on any atom is 0.220 e. The second-order valence-corrected chi connectivity index (χ2v) is 5.24. The third kappa shape index (κ3) is 2.14. The molecule has 0 aliphatic carbocycles. The first-order valence-corrected chi connectivity index (χ1v) is 6.62. The van der Waals surface area contributed by atoms with Crippen LogP contribution in [0.25, 0.3) is 0 Å². The molecule has 2 aliphatic heterocycles. The van der Waals surface area contributed by atoms with Crippen LogP contribution < -0.4 is 10.2 Å². The molecule has 6 heteroatoms. The Hall–Kier alpha value is -1.36. The standard InChI is InChI=1S/C12H15ClN4O/c13-11-12(15-5-4-14-11)17-6-3-9-8(7-17)1-2-10(18)16-9/h4-5,8-9H,1-3,6-7H2,(H,16,18). The van der Waals surface area contributed by atoms with E-state index in [1.54, 1.807) is 12.4 Å². The zero-order chi connectivity index (χ0) is 12.5. The molecule has 3 heterocycles. The lowest BCUT2D eigenvalue weighted by Gasteiger charge is -2.41. The summed E-state index contributed by atoms with van der Waals surface area (Å²) in [5, 5.41) is 3.52. The lowest BCUT2D eigenvalue weighted by Crippen LogP contribution is -2.54. The minimum Gasteiger partial charge on any atom is -0.354 e. The minimum atomic E-state index is 0.183. The summed E-state index contributed by atoms with van der Waals surface area (Å²) in [6, 6.07) is 0.318.